The topological polar surface area (TPSA) is 38.1 Å². The zero-order chi connectivity index (χ0) is 14.5. The van der Waals surface area contributed by atoms with Gasteiger partial charge in [-0.1, -0.05) is 23.2 Å². The zero-order valence-electron chi connectivity index (χ0n) is 10.9. The number of anilines is 1. The van der Waals surface area contributed by atoms with Crippen molar-refractivity contribution in [1.29, 1.82) is 0 Å². The summed E-state index contributed by atoms with van der Waals surface area (Å²) in [5, 5.41) is 16.0. The van der Waals surface area contributed by atoms with Gasteiger partial charge in [0.05, 0.1) is 10.0 Å². The van der Waals surface area contributed by atoms with Gasteiger partial charge in [-0.2, -0.15) is 4.74 Å². The standard InChI is InChI=1S/C15H14Cl2N2O/c1-2-18-12-5-3-11(4-6-12)10-19(20)13-7-8-14(16)15(17)9-13/h3-10,18H,2H2,1H3. The molecule has 2 aromatic rings. The molecule has 0 radical (unpaired) electrons. The van der Waals surface area contributed by atoms with E-state index < -0.39 is 0 Å². The molecule has 20 heavy (non-hydrogen) atoms. The molecule has 0 aliphatic heterocycles. The molecule has 0 fully saturated rings. The lowest BCUT2D eigenvalue weighted by Crippen LogP contribution is -2.00. The van der Waals surface area contributed by atoms with Crippen LogP contribution >= 0.6 is 23.2 Å². The average molecular weight is 309 g/mol. The maximum absolute atomic E-state index is 12.0. The van der Waals surface area contributed by atoms with E-state index in [1.54, 1.807) is 18.2 Å². The van der Waals surface area contributed by atoms with Gasteiger partial charge in [0.2, 0.25) is 5.69 Å². The van der Waals surface area contributed by atoms with E-state index in [-0.39, 0.29) is 0 Å². The van der Waals surface area contributed by atoms with Gasteiger partial charge in [-0.25, -0.2) is 0 Å². The van der Waals surface area contributed by atoms with Crippen molar-refractivity contribution in [3.8, 4) is 0 Å². The predicted octanol–water partition coefficient (Wildman–Crippen LogP) is 4.69. The third-order valence-electron chi connectivity index (χ3n) is 2.72. The molecule has 0 aliphatic rings. The predicted molar refractivity (Wildman–Crippen MR) is 85.5 cm³/mol. The second kappa shape index (κ2) is 6.64. The fraction of sp³-hybridized carbons (Fsp3) is 0.133. The van der Waals surface area contributed by atoms with E-state index >= 15 is 0 Å². The highest BCUT2D eigenvalue weighted by atomic mass is 35.5. The van der Waals surface area contributed by atoms with Gasteiger partial charge >= 0.3 is 0 Å². The van der Waals surface area contributed by atoms with E-state index in [1.165, 1.54) is 6.21 Å². The van der Waals surface area contributed by atoms with Crippen molar-refractivity contribution in [3.63, 3.8) is 0 Å². The van der Waals surface area contributed by atoms with Crippen LogP contribution in [-0.2, 0) is 0 Å². The van der Waals surface area contributed by atoms with Crippen molar-refractivity contribution in [1.82, 2.24) is 0 Å². The van der Waals surface area contributed by atoms with Gasteiger partial charge < -0.3 is 10.5 Å². The molecule has 0 atom stereocenters. The summed E-state index contributed by atoms with van der Waals surface area (Å²) in [5.41, 5.74) is 2.28. The molecule has 0 saturated carbocycles. The van der Waals surface area contributed by atoms with Crippen LogP contribution < -0.4 is 5.32 Å². The fourth-order valence-corrected chi connectivity index (χ4v) is 2.02. The summed E-state index contributed by atoms with van der Waals surface area (Å²) in [4.78, 5) is 0. The van der Waals surface area contributed by atoms with Crippen LogP contribution in [-0.4, -0.2) is 17.5 Å². The van der Waals surface area contributed by atoms with Crippen LogP contribution in [0, 0.1) is 5.21 Å². The van der Waals surface area contributed by atoms with Crippen LogP contribution in [0.2, 0.25) is 10.0 Å². The summed E-state index contributed by atoms with van der Waals surface area (Å²) in [5.74, 6) is 0. The minimum atomic E-state index is 0.362. The Morgan fingerprint density at radius 1 is 1.10 bits per heavy atom. The third kappa shape index (κ3) is 3.65. The van der Waals surface area contributed by atoms with Gasteiger partial charge in [0.1, 0.15) is 0 Å². The third-order valence-corrected chi connectivity index (χ3v) is 3.45. The van der Waals surface area contributed by atoms with Gasteiger partial charge in [-0.05, 0) is 37.3 Å². The molecule has 0 spiro atoms. The molecule has 0 amide bonds. The largest absolute Gasteiger partial charge is 0.618 e. The van der Waals surface area contributed by atoms with Crippen LogP contribution in [0.25, 0.3) is 0 Å². The van der Waals surface area contributed by atoms with E-state index in [1.807, 2.05) is 31.2 Å². The number of rotatable bonds is 4. The Labute approximate surface area is 128 Å². The van der Waals surface area contributed by atoms with E-state index in [4.69, 9.17) is 23.2 Å². The lowest BCUT2D eigenvalue weighted by Gasteiger charge is -2.05. The quantitative estimate of drug-likeness (QED) is 0.385. The summed E-state index contributed by atoms with van der Waals surface area (Å²) >= 11 is 11.7. The fourth-order valence-electron chi connectivity index (χ4n) is 1.72. The Hall–Kier alpha value is -1.71. The molecular formula is C15H14Cl2N2O. The minimum Gasteiger partial charge on any atom is -0.618 e. The normalized spacial score (nSPS) is 11.4. The summed E-state index contributed by atoms with van der Waals surface area (Å²) in [6.07, 6.45) is 1.50. The first-order chi connectivity index (χ1) is 9.60. The van der Waals surface area contributed by atoms with E-state index in [2.05, 4.69) is 5.32 Å². The van der Waals surface area contributed by atoms with Crippen molar-refractivity contribution in [3.05, 3.63) is 63.3 Å². The first-order valence-corrected chi connectivity index (χ1v) is 6.96. The number of nitrogens with one attached hydrogen (secondary N) is 1. The molecule has 2 aromatic carbocycles. The SMILES string of the molecule is CCNc1ccc(C=[N+]([O-])c2ccc(Cl)c(Cl)c2)cc1. The van der Waals surface area contributed by atoms with Crippen LogP contribution in [0.5, 0.6) is 0 Å². The molecule has 2 rings (SSSR count). The Bertz CT molecular complexity index is 624. The van der Waals surface area contributed by atoms with Crippen molar-refractivity contribution >= 4 is 40.8 Å². The van der Waals surface area contributed by atoms with Crippen LogP contribution in [0.1, 0.15) is 12.5 Å². The molecule has 0 saturated heterocycles. The Morgan fingerprint density at radius 3 is 2.40 bits per heavy atom. The molecule has 0 heterocycles. The molecule has 3 nitrogen and oxygen atoms in total. The van der Waals surface area contributed by atoms with E-state index in [0.717, 1.165) is 22.5 Å². The van der Waals surface area contributed by atoms with Crippen LogP contribution in [0.4, 0.5) is 11.4 Å². The number of benzene rings is 2. The lowest BCUT2D eigenvalue weighted by atomic mass is 10.2. The maximum atomic E-state index is 12.0. The smallest absolute Gasteiger partial charge is 0.218 e. The summed E-state index contributed by atoms with van der Waals surface area (Å²) < 4.78 is 0.768. The first kappa shape index (κ1) is 14.7. The number of halogens is 2. The van der Waals surface area contributed by atoms with Gasteiger partial charge in [0.25, 0.3) is 0 Å². The Kier molecular flexibility index (Phi) is 4.88. The van der Waals surface area contributed by atoms with Crippen molar-refractivity contribution in [2.24, 2.45) is 0 Å². The maximum Gasteiger partial charge on any atom is 0.218 e. The monoisotopic (exact) mass is 308 g/mol. The van der Waals surface area contributed by atoms with Crippen molar-refractivity contribution in [2.75, 3.05) is 11.9 Å². The van der Waals surface area contributed by atoms with Gasteiger partial charge in [-0.15, -0.1) is 0 Å². The molecule has 104 valence electrons. The number of nitrogens with zero attached hydrogens (tertiary/aromatic N) is 1. The van der Waals surface area contributed by atoms with E-state index in [9.17, 15) is 5.21 Å². The van der Waals surface area contributed by atoms with Crippen LogP contribution in [0.15, 0.2) is 42.5 Å². The molecule has 0 aliphatic carbocycles. The highest BCUT2D eigenvalue weighted by Crippen LogP contribution is 2.26. The molecule has 0 unspecified atom stereocenters. The zero-order valence-corrected chi connectivity index (χ0v) is 12.4. The molecule has 0 bridgehead atoms. The Balaban J connectivity index is 2.22. The second-order valence-electron chi connectivity index (χ2n) is 4.21. The van der Waals surface area contributed by atoms with Crippen LogP contribution in [0.3, 0.4) is 0 Å². The molecule has 5 heteroatoms. The van der Waals surface area contributed by atoms with E-state index in [0.29, 0.717) is 15.7 Å². The summed E-state index contributed by atoms with van der Waals surface area (Å²) in [7, 11) is 0. The second-order valence-corrected chi connectivity index (χ2v) is 5.02. The summed E-state index contributed by atoms with van der Waals surface area (Å²) in [6, 6.07) is 12.4. The number of hydrogen-bond donors (Lipinski definition) is 1. The first-order valence-electron chi connectivity index (χ1n) is 6.20. The average Bonchev–Trinajstić information content (AvgIpc) is 2.44. The highest BCUT2D eigenvalue weighted by Gasteiger charge is 2.06. The molecular weight excluding hydrogens is 295 g/mol. The van der Waals surface area contributed by atoms with Gasteiger partial charge in [-0.3, -0.25) is 0 Å². The summed E-state index contributed by atoms with van der Waals surface area (Å²) in [6.45, 7) is 2.89. The van der Waals surface area contributed by atoms with Gasteiger partial charge in [0.15, 0.2) is 6.21 Å². The van der Waals surface area contributed by atoms with Gasteiger partial charge in [0, 0.05) is 29.9 Å². The Morgan fingerprint density at radius 2 is 1.80 bits per heavy atom. The number of hydrogen-bond acceptors (Lipinski definition) is 2. The molecule has 1 N–H and O–H groups in total. The highest BCUT2D eigenvalue weighted by molar-refractivity contribution is 6.42. The van der Waals surface area contributed by atoms with Crippen molar-refractivity contribution < 1.29 is 4.74 Å². The van der Waals surface area contributed by atoms with Crippen molar-refractivity contribution in [2.45, 2.75) is 6.92 Å². The molecule has 0 aromatic heterocycles. The lowest BCUT2D eigenvalue weighted by molar-refractivity contribution is -0.354. The minimum absolute atomic E-state index is 0.362.